The molecular weight excluding hydrogens is 376 g/mol. The number of carbonyl (C=O) groups is 2. The zero-order chi connectivity index (χ0) is 20.9. The molecule has 1 amide bonds. The molecule has 152 valence electrons. The molecule has 0 saturated heterocycles. The number of esters is 1. The normalized spacial score (nSPS) is 15.4. The number of nitrogens with zero attached hydrogens (tertiary/aromatic N) is 3. The molecule has 1 saturated carbocycles. The minimum absolute atomic E-state index is 0.0743. The van der Waals surface area contributed by atoms with E-state index >= 15 is 0 Å². The molecule has 2 N–H and O–H groups in total. The minimum atomic E-state index is -0.916. The van der Waals surface area contributed by atoms with Gasteiger partial charge in [-0.05, 0) is 18.9 Å². The Morgan fingerprint density at radius 2 is 1.93 bits per heavy atom. The van der Waals surface area contributed by atoms with E-state index in [0.717, 1.165) is 23.9 Å². The summed E-state index contributed by atoms with van der Waals surface area (Å²) >= 11 is 0. The summed E-state index contributed by atoms with van der Waals surface area (Å²) in [6.07, 6.45) is 3.88. The molecule has 0 atom stereocenters. The number of nitriles is 1. The second-order valence-corrected chi connectivity index (χ2v) is 7.02. The molecule has 9 heteroatoms. The van der Waals surface area contributed by atoms with Gasteiger partial charge in [0, 0.05) is 5.39 Å². The second-order valence-electron chi connectivity index (χ2n) is 7.02. The van der Waals surface area contributed by atoms with Gasteiger partial charge in [-0.15, -0.1) is 0 Å². The maximum absolute atomic E-state index is 12.6. The molecule has 1 aliphatic carbocycles. The van der Waals surface area contributed by atoms with Crippen LogP contribution in [0.15, 0.2) is 29.1 Å². The van der Waals surface area contributed by atoms with Crippen LogP contribution in [0.25, 0.3) is 10.8 Å². The topological polar surface area (TPSA) is 134 Å². The second kappa shape index (κ2) is 8.84. The summed E-state index contributed by atoms with van der Waals surface area (Å²) in [5.74, 6) is -1.42. The first-order chi connectivity index (χ1) is 14.0. The first-order valence-corrected chi connectivity index (χ1v) is 9.50. The fraction of sp³-hybridized carbons (Fsp3) is 0.450. The van der Waals surface area contributed by atoms with E-state index in [1.807, 2.05) is 0 Å². The summed E-state index contributed by atoms with van der Waals surface area (Å²) in [7, 11) is 0. The lowest BCUT2D eigenvalue weighted by molar-refractivity contribution is -0.125. The number of carbonyl (C=O) groups excluding carboxylic acids is 2. The molecule has 1 aromatic heterocycles. The van der Waals surface area contributed by atoms with Crippen LogP contribution in [0, 0.1) is 11.3 Å². The van der Waals surface area contributed by atoms with Crippen molar-refractivity contribution in [3.63, 3.8) is 0 Å². The van der Waals surface area contributed by atoms with Crippen molar-refractivity contribution in [2.45, 2.75) is 44.2 Å². The number of aliphatic hydroxyl groups excluding tert-OH is 1. The highest BCUT2D eigenvalue weighted by Crippen LogP contribution is 2.27. The average Bonchev–Trinajstić information content (AvgIpc) is 2.75. The van der Waals surface area contributed by atoms with Gasteiger partial charge in [-0.2, -0.15) is 10.4 Å². The quantitative estimate of drug-likeness (QED) is 0.690. The van der Waals surface area contributed by atoms with Crippen LogP contribution in [-0.2, 0) is 16.1 Å². The van der Waals surface area contributed by atoms with Crippen molar-refractivity contribution < 1.29 is 19.4 Å². The molecule has 2 aromatic rings. The molecular formula is C20H22N4O5. The van der Waals surface area contributed by atoms with Crippen molar-refractivity contribution in [1.82, 2.24) is 15.1 Å². The van der Waals surface area contributed by atoms with Gasteiger partial charge in [-0.25, -0.2) is 9.48 Å². The SMILES string of the molecule is N#CC1(NC(=O)COC(=O)c2nn(CCO)c(=O)c3ccccc23)CCCCC1. The molecule has 1 fully saturated rings. The third-order valence-corrected chi connectivity index (χ3v) is 5.01. The molecule has 29 heavy (non-hydrogen) atoms. The highest BCUT2D eigenvalue weighted by molar-refractivity contribution is 6.02. The Balaban J connectivity index is 1.76. The summed E-state index contributed by atoms with van der Waals surface area (Å²) < 4.78 is 6.09. The summed E-state index contributed by atoms with van der Waals surface area (Å²) in [6.45, 7) is -0.953. The number of benzene rings is 1. The lowest BCUT2D eigenvalue weighted by Gasteiger charge is -2.31. The minimum Gasteiger partial charge on any atom is -0.451 e. The lowest BCUT2D eigenvalue weighted by Crippen LogP contribution is -2.50. The Bertz CT molecular complexity index is 1020. The fourth-order valence-electron chi connectivity index (χ4n) is 3.55. The highest BCUT2D eigenvalue weighted by Gasteiger charge is 2.33. The molecule has 0 spiro atoms. The number of amides is 1. The summed E-state index contributed by atoms with van der Waals surface area (Å²) in [4.78, 5) is 37.2. The number of hydrogen-bond acceptors (Lipinski definition) is 7. The van der Waals surface area contributed by atoms with Crippen LogP contribution in [0.3, 0.4) is 0 Å². The predicted octanol–water partition coefficient (Wildman–Crippen LogP) is 0.888. The molecule has 1 aromatic carbocycles. The molecule has 0 aliphatic heterocycles. The maximum Gasteiger partial charge on any atom is 0.359 e. The molecule has 1 aliphatic rings. The molecule has 0 bridgehead atoms. The van der Waals surface area contributed by atoms with Crippen LogP contribution in [0.1, 0.15) is 42.6 Å². The Kier molecular flexibility index (Phi) is 6.24. The highest BCUT2D eigenvalue weighted by atomic mass is 16.5. The van der Waals surface area contributed by atoms with Gasteiger partial charge in [0.1, 0.15) is 5.54 Å². The van der Waals surface area contributed by atoms with E-state index in [1.54, 1.807) is 24.3 Å². The van der Waals surface area contributed by atoms with Crippen LogP contribution in [0.5, 0.6) is 0 Å². The zero-order valence-electron chi connectivity index (χ0n) is 15.9. The first kappa shape index (κ1) is 20.5. The maximum atomic E-state index is 12.6. The van der Waals surface area contributed by atoms with Crippen molar-refractivity contribution in [3.05, 3.63) is 40.3 Å². The van der Waals surface area contributed by atoms with Crippen molar-refractivity contribution in [2.24, 2.45) is 0 Å². The standard InChI is InChI=1S/C20H22N4O5/c21-13-20(8-4-1-5-9-20)22-16(26)12-29-19(28)17-14-6-2-3-7-15(14)18(27)24(23-17)10-11-25/h2-3,6-7,25H,1,4-5,8-12H2,(H,22,26). The van der Waals surface area contributed by atoms with Gasteiger partial charge in [-0.1, -0.05) is 37.5 Å². The number of ether oxygens (including phenoxy) is 1. The van der Waals surface area contributed by atoms with E-state index in [-0.39, 0.29) is 24.2 Å². The number of nitrogens with one attached hydrogen (secondary N) is 1. The van der Waals surface area contributed by atoms with E-state index in [9.17, 15) is 19.6 Å². The first-order valence-electron chi connectivity index (χ1n) is 9.50. The number of aromatic nitrogens is 2. The zero-order valence-corrected chi connectivity index (χ0v) is 15.9. The molecule has 1 heterocycles. The number of hydrogen-bond donors (Lipinski definition) is 2. The van der Waals surface area contributed by atoms with Crippen molar-refractivity contribution in [3.8, 4) is 6.07 Å². The summed E-state index contributed by atoms with van der Waals surface area (Å²) in [5.41, 5.74) is -1.47. The van der Waals surface area contributed by atoms with Gasteiger partial charge in [0.25, 0.3) is 11.5 Å². The Morgan fingerprint density at radius 1 is 1.24 bits per heavy atom. The van der Waals surface area contributed by atoms with Crippen molar-refractivity contribution >= 4 is 22.6 Å². The largest absolute Gasteiger partial charge is 0.451 e. The Labute approximate surface area is 166 Å². The van der Waals surface area contributed by atoms with Gasteiger partial charge in [-0.3, -0.25) is 9.59 Å². The smallest absolute Gasteiger partial charge is 0.359 e. The number of fused-ring (bicyclic) bond motifs is 1. The van der Waals surface area contributed by atoms with E-state index in [2.05, 4.69) is 16.5 Å². The fourth-order valence-corrected chi connectivity index (χ4v) is 3.55. The van der Waals surface area contributed by atoms with Gasteiger partial charge >= 0.3 is 5.97 Å². The Morgan fingerprint density at radius 3 is 2.59 bits per heavy atom. The summed E-state index contributed by atoms with van der Waals surface area (Å²) in [6, 6.07) is 8.60. The third-order valence-electron chi connectivity index (χ3n) is 5.01. The van der Waals surface area contributed by atoms with Crippen LogP contribution < -0.4 is 10.9 Å². The van der Waals surface area contributed by atoms with Gasteiger partial charge in [0.05, 0.1) is 24.6 Å². The molecule has 0 radical (unpaired) electrons. The van der Waals surface area contributed by atoms with Crippen LogP contribution in [0.2, 0.25) is 0 Å². The van der Waals surface area contributed by atoms with E-state index in [1.165, 1.54) is 0 Å². The average molecular weight is 398 g/mol. The van der Waals surface area contributed by atoms with Crippen LogP contribution >= 0.6 is 0 Å². The molecule has 0 unspecified atom stereocenters. The predicted molar refractivity (Wildman–Crippen MR) is 103 cm³/mol. The van der Waals surface area contributed by atoms with Crippen molar-refractivity contribution in [1.29, 1.82) is 5.26 Å². The summed E-state index contributed by atoms with van der Waals surface area (Å²) in [5, 5.41) is 25.8. The van der Waals surface area contributed by atoms with Gasteiger partial charge in [0.15, 0.2) is 12.3 Å². The van der Waals surface area contributed by atoms with Gasteiger partial charge in [0.2, 0.25) is 0 Å². The number of aliphatic hydroxyl groups is 1. The molecule has 3 rings (SSSR count). The van der Waals surface area contributed by atoms with Crippen molar-refractivity contribution in [2.75, 3.05) is 13.2 Å². The van der Waals surface area contributed by atoms with E-state index in [0.29, 0.717) is 18.2 Å². The number of rotatable bonds is 6. The van der Waals surface area contributed by atoms with Crippen LogP contribution in [-0.4, -0.2) is 45.5 Å². The monoisotopic (exact) mass is 398 g/mol. The van der Waals surface area contributed by atoms with E-state index in [4.69, 9.17) is 9.84 Å². The van der Waals surface area contributed by atoms with Crippen LogP contribution in [0.4, 0.5) is 0 Å². The van der Waals surface area contributed by atoms with Gasteiger partial charge < -0.3 is 15.2 Å². The Hall–Kier alpha value is -3.25. The van der Waals surface area contributed by atoms with E-state index < -0.39 is 29.6 Å². The third kappa shape index (κ3) is 4.43. The molecule has 9 nitrogen and oxygen atoms in total. The lowest BCUT2D eigenvalue weighted by atomic mass is 9.83.